The first-order valence-electron chi connectivity index (χ1n) is 3.18. The predicted molar refractivity (Wildman–Crippen MR) is 40.4 cm³/mol. The molecule has 0 saturated carbocycles. The Morgan fingerprint density at radius 3 is 1.46 bits per heavy atom. The van der Waals surface area contributed by atoms with Gasteiger partial charge >= 0.3 is 11.9 Å². The zero-order valence-corrected chi connectivity index (χ0v) is 10.2. The summed E-state index contributed by atoms with van der Waals surface area (Å²) in [6.45, 7) is 0. The summed E-state index contributed by atoms with van der Waals surface area (Å²) in [6.07, 6.45) is 0. The minimum atomic E-state index is -1.23. The predicted octanol–water partition coefficient (Wildman–Crippen LogP) is 1.08. The summed E-state index contributed by atoms with van der Waals surface area (Å²) in [7, 11) is 0. The van der Waals surface area contributed by atoms with Crippen molar-refractivity contribution in [1.29, 1.82) is 0 Å². The van der Waals surface area contributed by atoms with Crippen LogP contribution in [0.1, 0.15) is 20.7 Å². The third-order valence-corrected chi connectivity index (χ3v) is 1.39. The number of aromatic carboxylic acids is 2. The molecule has 0 saturated heterocycles. The molecule has 13 heavy (non-hydrogen) atoms. The van der Waals surface area contributed by atoms with E-state index < -0.39 is 11.9 Å². The first-order valence-corrected chi connectivity index (χ1v) is 3.18. The van der Waals surface area contributed by atoms with Crippen LogP contribution < -0.4 is 0 Å². The van der Waals surface area contributed by atoms with Gasteiger partial charge in [0.05, 0.1) is 11.1 Å². The maximum atomic E-state index is 10.5. The van der Waals surface area contributed by atoms with Crippen LogP contribution in [0.4, 0.5) is 0 Å². The van der Waals surface area contributed by atoms with Gasteiger partial charge in [0.15, 0.2) is 0 Å². The summed E-state index contributed by atoms with van der Waals surface area (Å²) in [5.41, 5.74) is -0.380. The zero-order valence-electron chi connectivity index (χ0n) is 6.60. The van der Waals surface area contributed by atoms with Gasteiger partial charge < -0.3 is 10.2 Å². The molecule has 0 unspecified atom stereocenters. The fourth-order valence-electron chi connectivity index (χ4n) is 0.856. The van der Waals surface area contributed by atoms with E-state index >= 15 is 0 Å². The third kappa shape index (κ3) is 2.95. The second kappa shape index (κ2) is 5.16. The van der Waals surface area contributed by atoms with Crippen LogP contribution in [0.15, 0.2) is 24.3 Å². The van der Waals surface area contributed by atoms with Crippen LogP contribution in [0.25, 0.3) is 0 Å². The van der Waals surface area contributed by atoms with E-state index in [0.29, 0.717) is 0 Å². The second-order valence-electron chi connectivity index (χ2n) is 2.16. The Morgan fingerprint density at radius 2 is 1.23 bits per heavy atom. The van der Waals surface area contributed by atoms with Crippen LogP contribution in [0.5, 0.6) is 0 Å². The van der Waals surface area contributed by atoms with Gasteiger partial charge in [-0.3, -0.25) is 0 Å². The Balaban J connectivity index is 0.00000144. The van der Waals surface area contributed by atoms with E-state index in [-0.39, 0.29) is 46.7 Å². The Kier molecular flexibility index (Phi) is 4.91. The van der Waals surface area contributed by atoms with Crippen LogP contribution in [-0.4, -0.2) is 22.2 Å². The van der Waals surface area contributed by atoms with E-state index in [0.717, 1.165) is 0 Å². The minimum Gasteiger partial charge on any atom is -0.478 e. The van der Waals surface area contributed by atoms with Crippen molar-refractivity contribution in [1.82, 2.24) is 0 Å². The van der Waals surface area contributed by atoms with Crippen molar-refractivity contribution in [2.24, 2.45) is 0 Å². The Labute approximate surface area is 102 Å². The van der Waals surface area contributed by atoms with E-state index in [1.807, 2.05) is 0 Å². The standard InChI is InChI=1S/C8H6O4.La/c9-7(10)5-3-1-2-4-6(5)8(11)12;/h1-4H,(H,9,10)(H,11,12);. The van der Waals surface area contributed by atoms with Gasteiger partial charge in [-0.15, -0.1) is 0 Å². The molecule has 0 spiro atoms. The molecule has 2 N–H and O–H groups in total. The van der Waals surface area contributed by atoms with Crippen molar-refractivity contribution in [2.45, 2.75) is 0 Å². The Bertz CT molecular complexity index is 302. The number of carboxylic acids is 2. The van der Waals surface area contributed by atoms with Gasteiger partial charge in [-0.1, -0.05) is 12.1 Å². The molecule has 1 aromatic carbocycles. The summed E-state index contributed by atoms with van der Waals surface area (Å²) in [6, 6.07) is 5.48. The maximum absolute atomic E-state index is 10.5. The average Bonchev–Trinajstić information content (AvgIpc) is 2.04. The average molecular weight is 305 g/mol. The first-order chi connectivity index (χ1) is 5.63. The SMILES string of the molecule is O=C(O)c1ccccc1C(=O)O.[La]. The molecule has 0 bridgehead atoms. The number of carboxylic acid groups (broad SMARTS) is 2. The first kappa shape index (κ1) is 12.4. The molecule has 0 amide bonds. The Morgan fingerprint density at radius 1 is 0.923 bits per heavy atom. The topological polar surface area (TPSA) is 74.6 Å². The molecule has 0 heterocycles. The largest absolute Gasteiger partial charge is 0.478 e. The van der Waals surface area contributed by atoms with E-state index in [1.165, 1.54) is 24.3 Å². The molecule has 1 radical (unpaired) electrons. The van der Waals surface area contributed by atoms with Crippen molar-refractivity contribution in [2.75, 3.05) is 0 Å². The molecule has 0 aliphatic carbocycles. The summed E-state index contributed by atoms with van der Waals surface area (Å²) >= 11 is 0. The van der Waals surface area contributed by atoms with E-state index in [9.17, 15) is 9.59 Å². The molecule has 5 heteroatoms. The number of hydrogen-bond acceptors (Lipinski definition) is 2. The fourth-order valence-corrected chi connectivity index (χ4v) is 0.856. The van der Waals surface area contributed by atoms with Gasteiger partial charge in [-0.25, -0.2) is 9.59 Å². The smallest absolute Gasteiger partial charge is 0.336 e. The van der Waals surface area contributed by atoms with Crippen LogP contribution in [0.2, 0.25) is 0 Å². The molecule has 0 aliphatic rings. The molecule has 1 rings (SSSR count). The fraction of sp³-hybridized carbons (Fsp3) is 0. The number of benzene rings is 1. The monoisotopic (exact) mass is 305 g/mol. The van der Waals surface area contributed by atoms with Crippen molar-refractivity contribution >= 4 is 11.9 Å². The van der Waals surface area contributed by atoms with E-state index in [1.54, 1.807) is 0 Å². The van der Waals surface area contributed by atoms with Crippen LogP contribution >= 0.6 is 0 Å². The number of hydrogen-bond donors (Lipinski definition) is 2. The quantitative estimate of drug-likeness (QED) is 0.857. The molecule has 1 aromatic rings. The molecule has 65 valence electrons. The van der Waals surface area contributed by atoms with Gasteiger partial charge in [0.25, 0.3) is 0 Å². The summed E-state index contributed by atoms with van der Waals surface area (Å²) in [4.78, 5) is 20.9. The second-order valence-corrected chi connectivity index (χ2v) is 2.16. The normalized spacial score (nSPS) is 8.62. The van der Waals surface area contributed by atoms with Crippen LogP contribution in [0, 0.1) is 35.6 Å². The molecular formula is C8H6LaO4. The van der Waals surface area contributed by atoms with E-state index in [2.05, 4.69) is 0 Å². The van der Waals surface area contributed by atoms with Gasteiger partial charge in [0, 0.05) is 35.6 Å². The summed E-state index contributed by atoms with van der Waals surface area (Å²) in [5.74, 6) is -2.46. The van der Waals surface area contributed by atoms with Crippen molar-refractivity contribution in [3.8, 4) is 0 Å². The van der Waals surface area contributed by atoms with Gasteiger partial charge in [0.2, 0.25) is 0 Å². The molecular weight excluding hydrogens is 299 g/mol. The van der Waals surface area contributed by atoms with Gasteiger partial charge in [0.1, 0.15) is 0 Å². The minimum absolute atomic E-state index is 0. The van der Waals surface area contributed by atoms with Crippen LogP contribution in [-0.2, 0) is 0 Å². The van der Waals surface area contributed by atoms with Gasteiger partial charge in [-0.2, -0.15) is 0 Å². The molecule has 0 aromatic heterocycles. The number of rotatable bonds is 2. The maximum Gasteiger partial charge on any atom is 0.336 e. The van der Waals surface area contributed by atoms with Crippen LogP contribution in [0.3, 0.4) is 0 Å². The molecule has 0 fully saturated rings. The number of carbonyl (C=O) groups is 2. The summed E-state index contributed by atoms with van der Waals surface area (Å²) < 4.78 is 0. The van der Waals surface area contributed by atoms with Crippen molar-refractivity contribution < 1.29 is 55.4 Å². The van der Waals surface area contributed by atoms with E-state index in [4.69, 9.17) is 10.2 Å². The third-order valence-electron chi connectivity index (χ3n) is 1.39. The van der Waals surface area contributed by atoms with Crippen molar-refractivity contribution in [3.05, 3.63) is 35.4 Å². The molecule has 0 aliphatic heterocycles. The van der Waals surface area contributed by atoms with Crippen molar-refractivity contribution in [3.63, 3.8) is 0 Å². The Hall–Kier alpha value is -0.645. The molecule has 0 atom stereocenters. The van der Waals surface area contributed by atoms with Gasteiger partial charge in [-0.05, 0) is 12.1 Å². The molecule has 4 nitrogen and oxygen atoms in total. The zero-order chi connectivity index (χ0) is 9.14. The summed E-state index contributed by atoms with van der Waals surface area (Å²) in [5, 5.41) is 17.1.